The summed E-state index contributed by atoms with van der Waals surface area (Å²) in [5, 5.41) is 11.9. The van der Waals surface area contributed by atoms with E-state index in [9.17, 15) is 5.11 Å². The summed E-state index contributed by atoms with van der Waals surface area (Å²) >= 11 is 0. The van der Waals surface area contributed by atoms with Crippen molar-refractivity contribution in [3.05, 3.63) is 24.3 Å². The average molecular weight is 427 g/mol. The zero-order valence-corrected chi connectivity index (χ0v) is 21.3. The van der Waals surface area contributed by atoms with E-state index >= 15 is 0 Å². The molecule has 0 aromatic rings. The van der Waals surface area contributed by atoms with Crippen LogP contribution in [0.25, 0.3) is 0 Å². The third-order valence-corrected chi connectivity index (χ3v) is 11.0. The van der Waals surface area contributed by atoms with Crippen molar-refractivity contribution in [1.29, 1.82) is 0 Å². The van der Waals surface area contributed by atoms with Gasteiger partial charge in [-0.3, -0.25) is 0 Å². The summed E-state index contributed by atoms with van der Waals surface area (Å²) in [6.07, 6.45) is 19.8. The highest BCUT2D eigenvalue weighted by atomic mass is 16.3. The second-order valence-corrected chi connectivity index (χ2v) is 12.8. The molecule has 4 aliphatic carbocycles. The Balaban J connectivity index is 1.59. The first kappa shape index (κ1) is 23.6. The van der Waals surface area contributed by atoms with E-state index in [0.29, 0.717) is 22.7 Å². The first-order valence-corrected chi connectivity index (χ1v) is 13.8. The highest BCUT2D eigenvalue weighted by Crippen LogP contribution is 2.69. The minimum Gasteiger partial charge on any atom is -0.385 e. The molecule has 8 atom stereocenters. The molecule has 4 aliphatic rings. The molecule has 0 heterocycles. The van der Waals surface area contributed by atoms with Gasteiger partial charge in [0.15, 0.2) is 0 Å². The Hall–Kier alpha value is -0.560. The number of allylic oxidation sites excluding steroid dienone is 2. The van der Waals surface area contributed by atoms with Crippen LogP contribution in [0.1, 0.15) is 112 Å². The van der Waals surface area contributed by atoms with Gasteiger partial charge in [0, 0.05) is 0 Å². The molecule has 1 N–H and O–H groups in total. The van der Waals surface area contributed by atoms with Gasteiger partial charge in [-0.1, -0.05) is 58.8 Å². The predicted octanol–water partition coefficient (Wildman–Crippen LogP) is 8.34. The van der Waals surface area contributed by atoms with Crippen LogP contribution >= 0.6 is 0 Å². The summed E-state index contributed by atoms with van der Waals surface area (Å²) in [6, 6.07) is 0. The number of rotatable bonds is 7. The fourth-order valence-electron chi connectivity index (χ4n) is 9.30. The summed E-state index contributed by atoms with van der Waals surface area (Å²) in [4.78, 5) is 0. The zero-order chi connectivity index (χ0) is 22.4. The largest absolute Gasteiger partial charge is 0.385 e. The van der Waals surface area contributed by atoms with Crippen molar-refractivity contribution in [2.75, 3.05) is 0 Å². The molecule has 176 valence electrons. The van der Waals surface area contributed by atoms with Crippen LogP contribution in [-0.4, -0.2) is 10.7 Å². The molecule has 4 rings (SSSR count). The van der Waals surface area contributed by atoms with Gasteiger partial charge in [-0.15, -0.1) is 6.58 Å². The first-order valence-electron chi connectivity index (χ1n) is 13.8. The topological polar surface area (TPSA) is 20.2 Å². The normalized spacial score (nSPS) is 44.1. The Labute approximate surface area is 193 Å². The highest BCUT2D eigenvalue weighted by molar-refractivity contribution is 5.26. The van der Waals surface area contributed by atoms with Crippen molar-refractivity contribution < 1.29 is 5.11 Å². The average Bonchev–Trinajstić information content (AvgIpc) is 3.14. The second-order valence-electron chi connectivity index (χ2n) is 12.8. The summed E-state index contributed by atoms with van der Waals surface area (Å²) in [5.74, 6) is 4.50. The van der Waals surface area contributed by atoms with E-state index in [1.54, 1.807) is 0 Å². The Morgan fingerprint density at radius 2 is 1.97 bits per heavy atom. The van der Waals surface area contributed by atoms with E-state index in [2.05, 4.69) is 47.3 Å². The van der Waals surface area contributed by atoms with Crippen molar-refractivity contribution in [3.63, 3.8) is 0 Å². The van der Waals surface area contributed by atoms with E-state index < -0.39 is 5.60 Å². The smallest absolute Gasteiger partial charge is 0.0858 e. The van der Waals surface area contributed by atoms with Crippen LogP contribution in [0.2, 0.25) is 0 Å². The van der Waals surface area contributed by atoms with E-state index in [0.717, 1.165) is 36.5 Å². The molecule has 1 nitrogen and oxygen atoms in total. The minimum absolute atomic E-state index is 0.325. The van der Waals surface area contributed by atoms with E-state index in [-0.39, 0.29) is 0 Å². The Bertz CT molecular complexity index is 691. The zero-order valence-electron chi connectivity index (χ0n) is 21.3. The summed E-state index contributed by atoms with van der Waals surface area (Å²) in [7, 11) is 0. The maximum Gasteiger partial charge on any atom is 0.0858 e. The molecule has 31 heavy (non-hydrogen) atoms. The van der Waals surface area contributed by atoms with Crippen LogP contribution < -0.4 is 0 Å². The van der Waals surface area contributed by atoms with Gasteiger partial charge in [0.1, 0.15) is 0 Å². The van der Waals surface area contributed by atoms with Gasteiger partial charge in [-0.05, 0) is 117 Å². The third-order valence-electron chi connectivity index (χ3n) is 11.0. The molecule has 3 saturated carbocycles. The van der Waals surface area contributed by atoms with Gasteiger partial charge in [-0.25, -0.2) is 0 Å². The molecule has 0 saturated heterocycles. The van der Waals surface area contributed by atoms with Crippen molar-refractivity contribution in [2.24, 2.45) is 46.3 Å². The number of fused-ring (bicyclic) bond motifs is 5. The third kappa shape index (κ3) is 3.79. The van der Waals surface area contributed by atoms with Crippen LogP contribution in [0.4, 0.5) is 0 Å². The van der Waals surface area contributed by atoms with E-state index in [4.69, 9.17) is 0 Å². The Morgan fingerprint density at radius 1 is 1.19 bits per heavy atom. The summed E-state index contributed by atoms with van der Waals surface area (Å²) < 4.78 is 0. The van der Waals surface area contributed by atoms with Gasteiger partial charge in [0.25, 0.3) is 0 Å². The molecular weight excluding hydrogens is 376 g/mol. The molecule has 1 heteroatoms. The molecule has 0 amide bonds. The molecule has 0 aliphatic heterocycles. The lowest BCUT2D eigenvalue weighted by molar-refractivity contribution is -0.103. The van der Waals surface area contributed by atoms with Gasteiger partial charge < -0.3 is 5.11 Å². The molecule has 3 fully saturated rings. The van der Waals surface area contributed by atoms with Crippen LogP contribution in [0, 0.1) is 46.3 Å². The lowest BCUT2D eigenvalue weighted by atomic mass is 9.45. The summed E-state index contributed by atoms with van der Waals surface area (Å²) in [5.41, 5.74) is 1.92. The van der Waals surface area contributed by atoms with Crippen molar-refractivity contribution in [3.8, 4) is 0 Å². The Morgan fingerprint density at radius 3 is 2.65 bits per heavy atom. The lowest BCUT2D eigenvalue weighted by Crippen LogP contribution is -2.53. The highest BCUT2D eigenvalue weighted by Gasteiger charge is 2.62. The van der Waals surface area contributed by atoms with Crippen LogP contribution in [0.3, 0.4) is 0 Å². The summed E-state index contributed by atoms with van der Waals surface area (Å²) in [6.45, 7) is 16.3. The maximum absolute atomic E-state index is 11.9. The lowest BCUT2D eigenvalue weighted by Gasteiger charge is -2.60. The fraction of sp³-hybridized carbons (Fsp3) is 0.867. The minimum atomic E-state index is -0.674. The van der Waals surface area contributed by atoms with E-state index in [1.807, 2.05) is 11.6 Å². The quantitative estimate of drug-likeness (QED) is 0.406. The molecule has 0 bridgehead atoms. The van der Waals surface area contributed by atoms with Crippen LogP contribution in [0.15, 0.2) is 24.3 Å². The monoisotopic (exact) mass is 426 g/mol. The van der Waals surface area contributed by atoms with Crippen molar-refractivity contribution >= 4 is 0 Å². The van der Waals surface area contributed by atoms with Gasteiger partial charge in [0.05, 0.1) is 5.60 Å². The molecule has 0 aromatic carbocycles. The molecule has 0 radical (unpaired) electrons. The molecular formula is C30H50O. The van der Waals surface area contributed by atoms with E-state index in [1.165, 1.54) is 64.2 Å². The standard InChI is InChI=1S/C30H50O/c1-7-29-19-16-25-24(12-11-23-20-22(5)15-18-28(23,25)6)26(29)13-14-27(29)30(31,8-2)17-9-10-21(3)4/h8,11,21-22,24-27,31H,2,7,9-10,12-20H2,1,3-6H3/t22-,24?,25?,26?,27?,28-,29-,30-/m0/s1. The van der Waals surface area contributed by atoms with Crippen LogP contribution in [-0.2, 0) is 0 Å². The van der Waals surface area contributed by atoms with Gasteiger partial charge >= 0.3 is 0 Å². The fourth-order valence-corrected chi connectivity index (χ4v) is 9.30. The molecule has 0 spiro atoms. The van der Waals surface area contributed by atoms with Crippen molar-refractivity contribution in [2.45, 2.75) is 117 Å². The number of hydrogen-bond donors (Lipinski definition) is 1. The SMILES string of the molecule is C=C[C@](O)(CCCC(C)C)C1CCC2C3CC=C4C[C@@H](C)CC[C@]4(C)C3CC[C@@]21CC. The van der Waals surface area contributed by atoms with Gasteiger partial charge in [0.2, 0.25) is 0 Å². The van der Waals surface area contributed by atoms with Crippen molar-refractivity contribution in [1.82, 2.24) is 0 Å². The maximum atomic E-state index is 11.9. The van der Waals surface area contributed by atoms with Crippen LogP contribution in [0.5, 0.6) is 0 Å². The first-order chi connectivity index (χ1) is 14.7. The number of hydrogen-bond acceptors (Lipinski definition) is 1. The Kier molecular flexibility index (Phi) is 6.59. The molecule has 4 unspecified atom stereocenters. The predicted molar refractivity (Wildman–Crippen MR) is 133 cm³/mol. The molecule has 0 aromatic heterocycles. The second kappa shape index (κ2) is 8.66. The number of aliphatic hydroxyl groups is 1. The van der Waals surface area contributed by atoms with Gasteiger partial charge in [-0.2, -0.15) is 0 Å².